The highest BCUT2D eigenvalue weighted by atomic mass is 35.5. The van der Waals surface area contributed by atoms with Crippen LogP contribution in [0, 0.1) is 0 Å². The molecule has 3 aromatic rings. The Hall–Kier alpha value is -2.78. The van der Waals surface area contributed by atoms with E-state index in [0.717, 1.165) is 5.56 Å². The second-order valence-electron chi connectivity index (χ2n) is 6.20. The van der Waals surface area contributed by atoms with E-state index in [1.165, 1.54) is 23.7 Å². The number of oxazole rings is 1. The molecule has 0 spiro atoms. The predicted octanol–water partition coefficient (Wildman–Crippen LogP) is 2.47. The van der Waals surface area contributed by atoms with E-state index in [-0.39, 0.29) is 27.1 Å². The van der Waals surface area contributed by atoms with Crippen LogP contribution in [0.25, 0.3) is 11.1 Å². The number of carbonyl (C=O) groups excluding carboxylic acids is 1. The Kier molecular flexibility index (Phi) is 4.01. The number of fused-ring (bicyclic) bond motifs is 2. The smallest absolute Gasteiger partial charge is 0.408 e. The van der Waals surface area contributed by atoms with Crippen LogP contribution in [-0.2, 0) is 28.3 Å². The molecule has 0 atom stereocenters. The number of amides is 1. The molecule has 1 aromatic heterocycles. The van der Waals surface area contributed by atoms with E-state index in [1.54, 1.807) is 18.2 Å². The molecule has 1 amide bonds. The maximum atomic E-state index is 12.8. The SMILES string of the molecule is Cn1c(=O)oc2cc(S(=O)(=O)Nc3ccc4c(c3)NC(=O)CC4)c(Cl)cc21. The highest BCUT2D eigenvalue weighted by molar-refractivity contribution is 7.92. The fraction of sp³-hybridized carbons (Fsp3) is 0.176. The zero-order valence-electron chi connectivity index (χ0n) is 14.1. The van der Waals surface area contributed by atoms with Crippen molar-refractivity contribution in [2.24, 2.45) is 7.05 Å². The van der Waals surface area contributed by atoms with Crippen molar-refractivity contribution in [3.63, 3.8) is 0 Å². The van der Waals surface area contributed by atoms with E-state index >= 15 is 0 Å². The minimum Gasteiger partial charge on any atom is -0.408 e. The highest BCUT2D eigenvalue weighted by Crippen LogP contribution is 2.30. The molecule has 10 heteroatoms. The van der Waals surface area contributed by atoms with Gasteiger partial charge in [-0.15, -0.1) is 0 Å². The van der Waals surface area contributed by atoms with Gasteiger partial charge in [-0.2, -0.15) is 0 Å². The Labute approximate surface area is 158 Å². The Bertz CT molecular complexity index is 1260. The summed E-state index contributed by atoms with van der Waals surface area (Å²) < 4.78 is 34.3. The minimum atomic E-state index is -4.05. The Balaban J connectivity index is 1.73. The van der Waals surface area contributed by atoms with Crippen molar-refractivity contribution in [3.05, 3.63) is 51.5 Å². The number of halogens is 1. The Morgan fingerprint density at radius 1 is 1.19 bits per heavy atom. The van der Waals surface area contributed by atoms with Gasteiger partial charge in [0, 0.05) is 25.2 Å². The van der Waals surface area contributed by atoms with Crippen molar-refractivity contribution in [1.29, 1.82) is 0 Å². The fourth-order valence-corrected chi connectivity index (χ4v) is 4.57. The molecule has 0 radical (unpaired) electrons. The average Bonchev–Trinajstić information content (AvgIpc) is 2.87. The number of nitrogens with zero attached hydrogens (tertiary/aromatic N) is 1. The number of anilines is 2. The van der Waals surface area contributed by atoms with Crippen LogP contribution in [-0.4, -0.2) is 18.9 Å². The monoisotopic (exact) mass is 407 g/mol. The molecule has 2 N–H and O–H groups in total. The molecule has 0 saturated carbocycles. The van der Waals surface area contributed by atoms with Gasteiger partial charge in [0.15, 0.2) is 5.58 Å². The summed E-state index contributed by atoms with van der Waals surface area (Å²) in [4.78, 5) is 22.9. The number of carbonyl (C=O) groups is 1. The minimum absolute atomic E-state index is 0.0438. The number of benzene rings is 2. The molecule has 140 valence electrons. The molecule has 8 nitrogen and oxygen atoms in total. The maximum absolute atomic E-state index is 12.8. The van der Waals surface area contributed by atoms with Crippen LogP contribution in [0.1, 0.15) is 12.0 Å². The number of aromatic nitrogens is 1. The molecule has 2 aromatic carbocycles. The molecule has 0 unspecified atom stereocenters. The third-order valence-electron chi connectivity index (χ3n) is 4.39. The molecule has 1 aliphatic heterocycles. The first kappa shape index (κ1) is 17.6. The molecule has 0 aliphatic carbocycles. The summed E-state index contributed by atoms with van der Waals surface area (Å²) in [6, 6.07) is 7.50. The quantitative estimate of drug-likeness (QED) is 0.693. The van der Waals surface area contributed by atoms with Gasteiger partial charge in [-0.25, -0.2) is 13.2 Å². The van der Waals surface area contributed by atoms with Crippen molar-refractivity contribution in [1.82, 2.24) is 4.57 Å². The van der Waals surface area contributed by atoms with Gasteiger partial charge in [-0.3, -0.25) is 14.1 Å². The van der Waals surface area contributed by atoms with Crippen LogP contribution in [0.15, 0.2) is 44.4 Å². The second-order valence-corrected chi connectivity index (χ2v) is 8.26. The first-order valence-electron chi connectivity index (χ1n) is 7.99. The second kappa shape index (κ2) is 6.14. The molecule has 4 rings (SSSR count). The molecule has 0 fully saturated rings. The molecule has 0 saturated heterocycles. The number of aryl methyl sites for hydroxylation is 2. The fourth-order valence-electron chi connectivity index (χ4n) is 2.98. The average molecular weight is 408 g/mol. The van der Waals surface area contributed by atoms with Gasteiger partial charge in [0.05, 0.1) is 16.2 Å². The summed E-state index contributed by atoms with van der Waals surface area (Å²) in [5, 5.41) is 2.67. The van der Waals surface area contributed by atoms with Crippen molar-refractivity contribution in [2.75, 3.05) is 10.0 Å². The molecule has 1 aliphatic rings. The van der Waals surface area contributed by atoms with Crippen molar-refractivity contribution in [3.8, 4) is 0 Å². The van der Waals surface area contributed by atoms with Crippen molar-refractivity contribution in [2.45, 2.75) is 17.7 Å². The summed E-state index contributed by atoms with van der Waals surface area (Å²) >= 11 is 6.14. The third-order valence-corrected chi connectivity index (χ3v) is 6.24. The van der Waals surface area contributed by atoms with Crippen LogP contribution in [0.5, 0.6) is 0 Å². The summed E-state index contributed by atoms with van der Waals surface area (Å²) in [6.45, 7) is 0. The molecular formula is C17H14ClN3O5S. The topological polar surface area (TPSA) is 110 Å². The summed E-state index contributed by atoms with van der Waals surface area (Å²) in [7, 11) is -2.55. The lowest BCUT2D eigenvalue weighted by molar-refractivity contribution is -0.116. The normalized spacial score (nSPS) is 14.1. The number of sulfonamides is 1. The number of hydrogen-bond acceptors (Lipinski definition) is 5. The summed E-state index contributed by atoms with van der Waals surface area (Å²) in [6.07, 6.45) is 1.000. The van der Waals surface area contributed by atoms with E-state index < -0.39 is 15.8 Å². The first-order chi connectivity index (χ1) is 12.7. The molecule has 2 heterocycles. The molecule has 0 bridgehead atoms. The maximum Gasteiger partial charge on any atom is 0.419 e. The van der Waals surface area contributed by atoms with E-state index in [1.807, 2.05) is 0 Å². The standard InChI is InChI=1S/C17H14ClN3O5S/c1-21-13-7-11(18)15(8-14(13)26-17(21)23)27(24,25)20-10-4-2-9-3-5-16(22)19-12(9)6-10/h2,4,6-8,20H,3,5H2,1H3,(H,19,22). The Morgan fingerprint density at radius 3 is 2.74 bits per heavy atom. The van der Waals surface area contributed by atoms with Crippen LogP contribution >= 0.6 is 11.6 Å². The van der Waals surface area contributed by atoms with Gasteiger partial charge >= 0.3 is 5.76 Å². The molecule has 27 heavy (non-hydrogen) atoms. The van der Waals surface area contributed by atoms with Crippen LogP contribution in [0.4, 0.5) is 11.4 Å². The lowest BCUT2D eigenvalue weighted by Gasteiger charge is -2.18. The lowest BCUT2D eigenvalue weighted by atomic mass is 10.0. The van der Waals surface area contributed by atoms with Gasteiger partial charge in [-0.1, -0.05) is 17.7 Å². The number of hydrogen-bond donors (Lipinski definition) is 2. The van der Waals surface area contributed by atoms with Crippen molar-refractivity contribution < 1.29 is 17.6 Å². The third kappa shape index (κ3) is 3.08. The van der Waals surface area contributed by atoms with Gasteiger partial charge < -0.3 is 9.73 Å². The van der Waals surface area contributed by atoms with E-state index in [0.29, 0.717) is 24.0 Å². The zero-order valence-corrected chi connectivity index (χ0v) is 15.6. The van der Waals surface area contributed by atoms with Gasteiger partial charge in [0.25, 0.3) is 10.0 Å². The number of rotatable bonds is 3. The Morgan fingerprint density at radius 2 is 1.96 bits per heavy atom. The summed E-state index contributed by atoms with van der Waals surface area (Å²) in [5.41, 5.74) is 2.29. The largest absolute Gasteiger partial charge is 0.419 e. The zero-order chi connectivity index (χ0) is 19.3. The van der Waals surface area contributed by atoms with Gasteiger partial charge in [-0.05, 0) is 30.2 Å². The molecular weight excluding hydrogens is 394 g/mol. The van der Waals surface area contributed by atoms with E-state index in [9.17, 15) is 18.0 Å². The highest BCUT2D eigenvalue weighted by Gasteiger charge is 2.22. The van der Waals surface area contributed by atoms with Gasteiger partial charge in [0.2, 0.25) is 5.91 Å². The first-order valence-corrected chi connectivity index (χ1v) is 9.85. The van der Waals surface area contributed by atoms with E-state index in [4.69, 9.17) is 16.0 Å². The summed E-state index contributed by atoms with van der Waals surface area (Å²) in [5.74, 6) is -0.732. The lowest BCUT2D eigenvalue weighted by Crippen LogP contribution is -2.19. The van der Waals surface area contributed by atoms with Crippen LogP contribution < -0.4 is 15.8 Å². The predicted molar refractivity (Wildman–Crippen MR) is 101 cm³/mol. The van der Waals surface area contributed by atoms with Crippen LogP contribution in [0.3, 0.4) is 0 Å². The van der Waals surface area contributed by atoms with Crippen LogP contribution in [0.2, 0.25) is 5.02 Å². The van der Waals surface area contributed by atoms with Gasteiger partial charge in [0.1, 0.15) is 4.90 Å². The van der Waals surface area contributed by atoms with E-state index in [2.05, 4.69) is 10.0 Å². The van der Waals surface area contributed by atoms with Crippen molar-refractivity contribution >= 4 is 50.0 Å². The number of nitrogens with one attached hydrogen (secondary N) is 2.